The highest BCUT2D eigenvalue weighted by molar-refractivity contribution is 9.10. The van der Waals surface area contributed by atoms with Gasteiger partial charge in [-0.15, -0.1) is 0 Å². The first kappa shape index (κ1) is 14.0. The molecule has 0 amide bonds. The van der Waals surface area contributed by atoms with Crippen LogP contribution >= 0.6 is 27.5 Å². The lowest BCUT2D eigenvalue weighted by atomic mass is 9.76. The van der Waals surface area contributed by atoms with Gasteiger partial charge < -0.3 is 5.32 Å². The molecule has 1 saturated carbocycles. The molecule has 0 aromatic heterocycles. The summed E-state index contributed by atoms with van der Waals surface area (Å²) in [5.74, 6) is 0.665. The van der Waals surface area contributed by atoms with Gasteiger partial charge in [-0.2, -0.15) is 0 Å². The highest BCUT2D eigenvalue weighted by Gasteiger charge is 2.30. The lowest BCUT2D eigenvalue weighted by Gasteiger charge is -2.37. The van der Waals surface area contributed by atoms with Gasteiger partial charge in [0.2, 0.25) is 0 Å². The lowest BCUT2D eigenvalue weighted by molar-refractivity contribution is 0.374. The zero-order valence-electron chi connectivity index (χ0n) is 11.4. The van der Waals surface area contributed by atoms with Crippen molar-refractivity contribution >= 4 is 33.2 Å². The Kier molecular flexibility index (Phi) is 4.04. The molecule has 0 aliphatic heterocycles. The van der Waals surface area contributed by atoms with Gasteiger partial charge >= 0.3 is 0 Å². The molecule has 0 radical (unpaired) electrons. The zero-order chi connectivity index (χ0) is 14.1. The highest BCUT2D eigenvalue weighted by Crippen LogP contribution is 2.39. The molecule has 20 heavy (non-hydrogen) atoms. The normalized spacial score (nSPS) is 21.4. The summed E-state index contributed by atoms with van der Waals surface area (Å²) in [5, 5.41) is 4.43. The average molecular weight is 351 g/mol. The summed E-state index contributed by atoms with van der Waals surface area (Å²) in [4.78, 5) is 0. The van der Waals surface area contributed by atoms with Gasteiger partial charge in [-0.05, 0) is 67.1 Å². The minimum Gasteiger partial charge on any atom is -0.382 e. The molecule has 0 atom stereocenters. The van der Waals surface area contributed by atoms with Gasteiger partial charge in [-0.3, -0.25) is 0 Å². The van der Waals surface area contributed by atoms with Gasteiger partial charge in [-0.1, -0.05) is 39.7 Å². The smallest absolute Gasteiger partial charge is 0.0406 e. The van der Waals surface area contributed by atoms with E-state index in [1.807, 2.05) is 12.1 Å². The van der Waals surface area contributed by atoms with E-state index in [0.29, 0.717) is 12.0 Å². The van der Waals surface area contributed by atoms with Crippen LogP contribution in [0.3, 0.4) is 0 Å². The van der Waals surface area contributed by atoms with Crippen LogP contribution in [0.1, 0.15) is 29.9 Å². The number of rotatable bonds is 3. The number of nitrogens with one attached hydrogen (secondary N) is 1. The SMILES string of the molecule is Cc1cc(Br)cc(NC2CC(c3ccc(Cl)cc3)C2)c1. The van der Waals surface area contributed by atoms with Crippen LogP contribution in [0.2, 0.25) is 5.02 Å². The summed E-state index contributed by atoms with van der Waals surface area (Å²) in [7, 11) is 0. The molecule has 0 heterocycles. The Morgan fingerprint density at radius 3 is 2.45 bits per heavy atom. The molecule has 1 aliphatic carbocycles. The van der Waals surface area contributed by atoms with Crippen LogP contribution in [0.4, 0.5) is 5.69 Å². The van der Waals surface area contributed by atoms with E-state index in [2.05, 4.69) is 58.5 Å². The third-order valence-corrected chi connectivity index (χ3v) is 4.60. The monoisotopic (exact) mass is 349 g/mol. The zero-order valence-corrected chi connectivity index (χ0v) is 13.7. The van der Waals surface area contributed by atoms with Crippen LogP contribution in [-0.4, -0.2) is 6.04 Å². The molecule has 0 saturated heterocycles. The maximum atomic E-state index is 5.93. The maximum Gasteiger partial charge on any atom is 0.0406 e. The molecule has 1 aliphatic rings. The number of benzene rings is 2. The molecule has 104 valence electrons. The Balaban J connectivity index is 1.59. The Morgan fingerprint density at radius 2 is 1.80 bits per heavy atom. The summed E-state index contributed by atoms with van der Waals surface area (Å²) >= 11 is 9.47. The van der Waals surface area contributed by atoms with Crippen molar-refractivity contribution < 1.29 is 0 Å². The third kappa shape index (κ3) is 3.18. The van der Waals surface area contributed by atoms with Crippen LogP contribution in [0.5, 0.6) is 0 Å². The summed E-state index contributed by atoms with van der Waals surface area (Å²) in [5.41, 5.74) is 3.88. The minimum absolute atomic E-state index is 0.573. The molecule has 1 fully saturated rings. The van der Waals surface area contributed by atoms with Crippen molar-refractivity contribution in [1.29, 1.82) is 0 Å². The Morgan fingerprint density at radius 1 is 1.10 bits per heavy atom. The average Bonchev–Trinajstić information content (AvgIpc) is 2.33. The van der Waals surface area contributed by atoms with E-state index in [1.54, 1.807) is 0 Å². The molecular weight excluding hydrogens is 334 g/mol. The first-order valence-electron chi connectivity index (χ1n) is 6.89. The van der Waals surface area contributed by atoms with E-state index in [0.717, 1.165) is 9.50 Å². The number of hydrogen-bond donors (Lipinski definition) is 1. The fourth-order valence-corrected chi connectivity index (χ4v) is 3.53. The standard InChI is InChI=1S/C17H17BrClN/c1-11-6-14(18)10-16(7-11)20-17-8-13(9-17)12-2-4-15(19)5-3-12/h2-7,10,13,17,20H,8-9H2,1H3. The molecule has 1 nitrogen and oxygen atoms in total. The van der Waals surface area contributed by atoms with Crippen molar-refractivity contribution in [3.8, 4) is 0 Å². The van der Waals surface area contributed by atoms with Crippen molar-refractivity contribution in [3.05, 3.63) is 63.1 Å². The van der Waals surface area contributed by atoms with Gasteiger partial charge in [0.15, 0.2) is 0 Å². The predicted octanol–water partition coefficient (Wildman–Crippen LogP) is 5.77. The van der Waals surface area contributed by atoms with E-state index in [-0.39, 0.29) is 0 Å². The van der Waals surface area contributed by atoms with Crippen LogP contribution < -0.4 is 5.32 Å². The maximum absolute atomic E-state index is 5.93. The second-order valence-electron chi connectivity index (χ2n) is 5.58. The molecule has 2 aromatic rings. The lowest BCUT2D eigenvalue weighted by Crippen LogP contribution is -2.33. The van der Waals surface area contributed by atoms with Crippen LogP contribution in [0.25, 0.3) is 0 Å². The molecule has 2 aromatic carbocycles. The Hall–Kier alpha value is -0.990. The van der Waals surface area contributed by atoms with Crippen LogP contribution in [0.15, 0.2) is 46.9 Å². The van der Waals surface area contributed by atoms with E-state index in [9.17, 15) is 0 Å². The molecular formula is C17H17BrClN. The molecule has 1 N–H and O–H groups in total. The topological polar surface area (TPSA) is 12.0 Å². The number of aryl methyl sites for hydroxylation is 1. The second kappa shape index (κ2) is 5.79. The van der Waals surface area contributed by atoms with E-state index in [1.165, 1.54) is 29.7 Å². The van der Waals surface area contributed by atoms with Gasteiger partial charge in [0.1, 0.15) is 0 Å². The summed E-state index contributed by atoms with van der Waals surface area (Å²) in [6, 6.07) is 15.3. The second-order valence-corrected chi connectivity index (χ2v) is 6.93. The van der Waals surface area contributed by atoms with Crippen molar-refractivity contribution in [2.75, 3.05) is 5.32 Å². The predicted molar refractivity (Wildman–Crippen MR) is 89.7 cm³/mol. The van der Waals surface area contributed by atoms with Gasteiger partial charge in [0.05, 0.1) is 0 Å². The fourth-order valence-electron chi connectivity index (χ4n) is 2.80. The number of hydrogen-bond acceptors (Lipinski definition) is 1. The van der Waals surface area contributed by atoms with Crippen LogP contribution in [0, 0.1) is 6.92 Å². The van der Waals surface area contributed by atoms with Gasteiger partial charge in [0.25, 0.3) is 0 Å². The van der Waals surface area contributed by atoms with Crippen molar-refractivity contribution in [3.63, 3.8) is 0 Å². The Labute approximate surface area is 133 Å². The molecule has 3 rings (SSSR count). The Bertz CT molecular complexity index is 583. The van der Waals surface area contributed by atoms with Crippen LogP contribution in [-0.2, 0) is 0 Å². The number of anilines is 1. The number of halogens is 2. The first-order valence-corrected chi connectivity index (χ1v) is 8.06. The van der Waals surface area contributed by atoms with Crippen molar-refractivity contribution in [2.45, 2.75) is 31.7 Å². The van der Waals surface area contributed by atoms with E-state index in [4.69, 9.17) is 11.6 Å². The minimum atomic E-state index is 0.573. The fraction of sp³-hybridized carbons (Fsp3) is 0.294. The quantitative estimate of drug-likeness (QED) is 0.741. The molecule has 3 heteroatoms. The summed E-state index contributed by atoms with van der Waals surface area (Å²) in [6.45, 7) is 2.12. The first-order chi connectivity index (χ1) is 9.60. The van der Waals surface area contributed by atoms with Gasteiger partial charge in [0, 0.05) is 21.2 Å². The van der Waals surface area contributed by atoms with Crippen molar-refractivity contribution in [1.82, 2.24) is 0 Å². The molecule has 0 spiro atoms. The van der Waals surface area contributed by atoms with Crippen molar-refractivity contribution in [2.24, 2.45) is 0 Å². The largest absolute Gasteiger partial charge is 0.382 e. The van der Waals surface area contributed by atoms with E-state index < -0.39 is 0 Å². The highest BCUT2D eigenvalue weighted by atomic mass is 79.9. The third-order valence-electron chi connectivity index (χ3n) is 3.89. The summed E-state index contributed by atoms with van der Waals surface area (Å²) < 4.78 is 1.13. The summed E-state index contributed by atoms with van der Waals surface area (Å²) in [6.07, 6.45) is 2.38. The molecule has 0 bridgehead atoms. The molecule has 0 unspecified atom stereocenters. The van der Waals surface area contributed by atoms with Gasteiger partial charge in [-0.25, -0.2) is 0 Å². The van der Waals surface area contributed by atoms with E-state index >= 15 is 0 Å².